The number of rotatable bonds is 4. The van der Waals surface area contributed by atoms with Crippen LogP contribution in [0.25, 0.3) is 0 Å². The molecule has 2 rings (SSSR count). The van der Waals surface area contributed by atoms with Gasteiger partial charge in [0.1, 0.15) is 0 Å². The highest BCUT2D eigenvalue weighted by molar-refractivity contribution is 5.85. The van der Waals surface area contributed by atoms with Crippen molar-refractivity contribution in [2.45, 2.75) is 64.0 Å². The summed E-state index contributed by atoms with van der Waals surface area (Å²) in [6, 6.07) is 0.289. The van der Waals surface area contributed by atoms with Gasteiger partial charge in [-0.15, -0.1) is 0 Å². The highest BCUT2D eigenvalue weighted by Gasteiger charge is 2.38. The average Bonchev–Trinajstić information content (AvgIpc) is 2.92. The van der Waals surface area contributed by atoms with Gasteiger partial charge in [0, 0.05) is 18.0 Å². The molecule has 0 heterocycles. The molecule has 5 heteroatoms. The van der Waals surface area contributed by atoms with E-state index < -0.39 is 5.91 Å². The zero-order chi connectivity index (χ0) is 14.7. The van der Waals surface area contributed by atoms with Crippen molar-refractivity contribution in [1.29, 1.82) is 0 Å². The van der Waals surface area contributed by atoms with Crippen LogP contribution < -0.4 is 11.5 Å². The molecule has 114 valence electrons. The third-order valence-electron chi connectivity index (χ3n) is 5.05. The maximum atomic E-state index is 12.8. The van der Waals surface area contributed by atoms with Gasteiger partial charge in [-0.2, -0.15) is 0 Å². The normalized spacial score (nSPS) is 31.2. The number of carbonyl (C=O) groups is 2. The third-order valence-corrected chi connectivity index (χ3v) is 5.05. The Labute approximate surface area is 121 Å². The molecule has 0 aliphatic heterocycles. The Morgan fingerprint density at radius 2 is 1.75 bits per heavy atom. The average molecular weight is 281 g/mol. The van der Waals surface area contributed by atoms with E-state index in [1.807, 2.05) is 0 Å². The molecule has 3 atom stereocenters. The van der Waals surface area contributed by atoms with Crippen molar-refractivity contribution in [1.82, 2.24) is 4.90 Å². The Kier molecular flexibility index (Phi) is 5.02. The Balaban J connectivity index is 2.10. The van der Waals surface area contributed by atoms with Gasteiger partial charge in [-0.3, -0.25) is 9.59 Å². The summed E-state index contributed by atoms with van der Waals surface area (Å²) in [6.45, 7) is 2.12. The lowest BCUT2D eigenvalue weighted by Crippen LogP contribution is -2.51. The van der Waals surface area contributed by atoms with E-state index in [0.29, 0.717) is 0 Å². The molecule has 0 saturated heterocycles. The molecule has 0 bridgehead atoms. The SMILES string of the molecule is CC1C(N)CCCC1C(=O)N(CC(N)=O)C1CCCC1. The first-order valence-electron chi connectivity index (χ1n) is 7.85. The van der Waals surface area contributed by atoms with E-state index in [2.05, 4.69) is 6.92 Å². The summed E-state index contributed by atoms with van der Waals surface area (Å²) in [6.07, 6.45) is 7.12. The van der Waals surface area contributed by atoms with Gasteiger partial charge in [0.2, 0.25) is 11.8 Å². The monoisotopic (exact) mass is 281 g/mol. The number of hydrogen-bond donors (Lipinski definition) is 2. The molecule has 2 amide bonds. The second kappa shape index (κ2) is 6.57. The molecule has 3 unspecified atom stereocenters. The second-order valence-corrected chi connectivity index (χ2v) is 6.43. The van der Waals surface area contributed by atoms with E-state index in [1.165, 1.54) is 0 Å². The Bertz CT molecular complexity index is 366. The summed E-state index contributed by atoms with van der Waals surface area (Å²) in [5, 5.41) is 0. The van der Waals surface area contributed by atoms with Crippen LogP contribution in [0.15, 0.2) is 0 Å². The van der Waals surface area contributed by atoms with Crippen LogP contribution >= 0.6 is 0 Å². The van der Waals surface area contributed by atoms with Gasteiger partial charge in [-0.25, -0.2) is 0 Å². The van der Waals surface area contributed by atoms with Crippen molar-refractivity contribution < 1.29 is 9.59 Å². The molecule has 0 aromatic heterocycles. The Hall–Kier alpha value is -1.10. The maximum Gasteiger partial charge on any atom is 0.237 e. The van der Waals surface area contributed by atoms with Gasteiger partial charge in [-0.05, 0) is 31.6 Å². The molecule has 0 radical (unpaired) electrons. The smallest absolute Gasteiger partial charge is 0.237 e. The largest absolute Gasteiger partial charge is 0.368 e. The summed E-state index contributed by atoms with van der Waals surface area (Å²) >= 11 is 0. The van der Waals surface area contributed by atoms with Crippen LogP contribution in [0.3, 0.4) is 0 Å². The fraction of sp³-hybridized carbons (Fsp3) is 0.867. The minimum absolute atomic E-state index is 0.0429. The number of nitrogens with zero attached hydrogens (tertiary/aromatic N) is 1. The topological polar surface area (TPSA) is 89.4 Å². The van der Waals surface area contributed by atoms with Gasteiger partial charge in [0.15, 0.2) is 0 Å². The molecule has 2 fully saturated rings. The summed E-state index contributed by atoms with van der Waals surface area (Å²) in [5.74, 6) is -0.178. The van der Waals surface area contributed by atoms with E-state index in [4.69, 9.17) is 11.5 Å². The minimum atomic E-state index is -0.419. The lowest BCUT2D eigenvalue weighted by molar-refractivity contribution is -0.143. The van der Waals surface area contributed by atoms with Crippen LogP contribution in [0.5, 0.6) is 0 Å². The lowest BCUT2D eigenvalue weighted by atomic mass is 9.76. The summed E-state index contributed by atoms with van der Waals surface area (Å²) in [7, 11) is 0. The summed E-state index contributed by atoms with van der Waals surface area (Å²) in [4.78, 5) is 25.9. The number of nitrogens with two attached hydrogens (primary N) is 2. The van der Waals surface area contributed by atoms with Gasteiger partial charge in [0.25, 0.3) is 0 Å². The standard InChI is InChI=1S/C15H27N3O2/c1-10-12(7-4-8-13(10)16)15(20)18(9-14(17)19)11-5-2-3-6-11/h10-13H,2-9,16H2,1H3,(H2,17,19). The highest BCUT2D eigenvalue weighted by Crippen LogP contribution is 2.33. The van der Waals surface area contributed by atoms with Gasteiger partial charge in [-0.1, -0.05) is 26.2 Å². The van der Waals surface area contributed by atoms with E-state index in [1.54, 1.807) is 4.90 Å². The van der Waals surface area contributed by atoms with E-state index >= 15 is 0 Å². The van der Waals surface area contributed by atoms with Crippen LogP contribution in [0.1, 0.15) is 51.9 Å². The zero-order valence-electron chi connectivity index (χ0n) is 12.4. The number of carbonyl (C=O) groups excluding carboxylic acids is 2. The van der Waals surface area contributed by atoms with Crippen molar-refractivity contribution in [2.24, 2.45) is 23.3 Å². The molecule has 0 spiro atoms. The van der Waals surface area contributed by atoms with Gasteiger partial charge < -0.3 is 16.4 Å². The molecule has 2 saturated carbocycles. The van der Waals surface area contributed by atoms with Crippen LogP contribution in [0, 0.1) is 11.8 Å². The first-order chi connectivity index (χ1) is 9.50. The van der Waals surface area contributed by atoms with Crippen LogP contribution in [-0.2, 0) is 9.59 Å². The fourth-order valence-corrected chi connectivity index (χ4v) is 3.73. The second-order valence-electron chi connectivity index (χ2n) is 6.43. The van der Waals surface area contributed by atoms with Gasteiger partial charge in [0.05, 0.1) is 6.54 Å². The predicted molar refractivity (Wildman–Crippen MR) is 77.6 cm³/mol. The quantitative estimate of drug-likeness (QED) is 0.805. The van der Waals surface area contributed by atoms with Crippen LogP contribution in [-0.4, -0.2) is 35.3 Å². The van der Waals surface area contributed by atoms with Gasteiger partial charge >= 0.3 is 0 Å². The fourth-order valence-electron chi connectivity index (χ4n) is 3.73. The van der Waals surface area contributed by atoms with Crippen molar-refractivity contribution in [2.75, 3.05) is 6.54 Å². The molecule has 20 heavy (non-hydrogen) atoms. The Morgan fingerprint density at radius 3 is 2.35 bits per heavy atom. The highest BCUT2D eigenvalue weighted by atomic mass is 16.2. The van der Waals surface area contributed by atoms with E-state index in [-0.39, 0.29) is 36.4 Å². The number of amides is 2. The maximum absolute atomic E-state index is 12.8. The van der Waals surface area contributed by atoms with Crippen molar-refractivity contribution in [3.63, 3.8) is 0 Å². The van der Waals surface area contributed by atoms with Crippen molar-refractivity contribution in [3.8, 4) is 0 Å². The molecule has 4 N–H and O–H groups in total. The van der Waals surface area contributed by atoms with E-state index in [9.17, 15) is 9.59 Å². The first-order valence-corrected chi connectivity index (χ1v) is 7.85. The third kappa shape index (κ3) is 3.32. The van der Waals surface area contributed by atoms with Crippen molar-refractivity contribution >= 4 is 11.8 Å². The molecule has 2 aliphatic rings. The van der Waals surface area contributed by atoms with E-state index in [0.717, 1.165) is 44.9 Å². The predicted octanol–water partition coefficient (Wildman–Crippen LogP) is 1.01. The molecule has 0 aromatic rings. The minimum Gasteiger partial charge on any atom is -0.368 e. The first kappa shape index (κ1) is 15.3. The molecule has 2 aliphatic carbocycles. The number of hydrogen-bond acceptors (Lipinski definition) is 3. The number of primary amides is 1. The Morgan fingerprint density at radius 1 is 1.10 bits per heavy atom. The zero-order valence-corrected chi connectivity index (χ0v) is 12.4. The molecular formula is C15H27N3O2. The van der Waals surface area contributed by atoms with Crippen molar-refractivity contribution in [3.05, 3.63) is 0 Å². The summed E-state index contributed by atoms with van der Waals surface area (Å²) in [5.41, 5.74) is 11.4. The van der Waals surface area contributed by atoms with Crippen LogP contribution in [0.2, 0.25) is 0 Å². The summed E-state index contributed by atoms with van der Waals surface area (Å²) < 4.78 is 0. The molecule has 5 nitrogen and oxygen atoms in total. The molecule has 0 aromatic carbocycles. The lowest BCUT2D eigenvalue weighted by Gasteiger charge is -2.38. The molecular weight excluding hydrogens is 254 g/mol. The van der Waals surface area contributed by atoms with Crippen LogP contribution in [0.4, 0.5) is 0 Å².